The molecule has 0 radical (unpaired) electrons. The third-order valence-electron chi connectivity index (χ3n) is 2.84. The first-order valence-corrected chi connectivity index (χ1v) is 5.98. The number of aryl methyl sites for hydroxylation is 1. The van der Waals surface area contributed by atoms with Crippen molar-refractivity contribution in [2.45, 2.75) is 33.7 Å². The second kappa shape index (κ2) is 6.28. The lowest BCUT2D eigenvalue weighted by molar-refractivity contribution is -0.124. The minimum Gasteiger partial charge on any atom is -0.484 e. The highest BCUT2D eigenvalue weighted by Crippen LogP contribution is 2.15. The van der Waals surface area contributed by atoms with E-state index >= 15 is 0 Å². The van der Waals surface area contributed by atoms with Gasteiger partial charge in [0.15, 0.2) is 6.61 Å². The molecule has 0 bridgehead atoms. The maximum atomic E-state index is 11.6. The van der Waals surface area contributed by atoms with Gasteiger partial charge in [-0.25, -0.2) is 0 Å². The number of carbonyl (C=O) groups is 1. The summed E-state index contributed by atoms with van der Waals surface area (Å²) in [6, 6.07) is 7.85. The summed E-state index contributed by atoms with van der Waals surface area (Å²) in [5.74, 6) is 1.12. The predicted molar refractivity (Wildman–Crippen MR) is 69.1 cm³/mol. The van der Waals surface area contributed by atoms with Crippen LogP contribution < -0.4 is 10.1 Å². The van der Waals surface area contributed by atoms with Crippen LogP contribution in [0.4, 0.5) is 0 Å². The molecule has 94 valence electrons. The van der Waals surface area contributed by atoms with Gasteiger partial charge < -0.3 is 10.1 Å². The topological polar surface area (TPSA) is 38.3 Å². The van der Waals surface area contributed by atoms with E-state index in [1.807, 2.05) is 38.1 Å². The molecule has 1 aromatic carbocycles. The summed E-state index contributed by atoms with van der Waals surface area (Å²) in [5.41, 5.74) is 1.04. The van der Waals surface area contributed by atoms with Gasteiger partial charge in [-0.2, -0.15) is 0 Å². The van der Waals surface area contributed by atoms with Crippen LogP contribution in [0.3, 0.4) is 0 Å². The van der Waals surface area contributed by atoms with Gasteiger partial charge in [0, 0.05) is 6.04 Å². The van der Waals surface area contributed by atoms with E-state index in [0.717, 1.165) is 11.3 Å². The standard InChI is InChI=1S/C14H21NO2/c1-10(2)12(4)15-14(16)9-17-13-8-6-5-7-11(13)3/h5-8,10,12H,9H2,1-4H3,(H,15,16)/t12-/m0/s1. The van der Waals surface area contributed by atoms with E-state index in [0.29, 0.717) is 5.92 Å². The largest absolute Gasteiger partial charge is 0.484 e. The quantitative estimate of drug-likeness (QED) is 0.851. The van der Waals surface area contributed by atoms with Crippen molar-refractivity contribution in [2.24, 2.45) is 5.92 Å². The van der Waals surface area contributed by atoms with E-state index in [4.69, 9.17) is 4.74 Å². The van der Waals surface area contributed by atoms with Crippen LogP contribution in [0.15, 0.2) is 24.3 Å². The number of benzene rings is 1. The van der Waals surface area contributed by atoms with E-state index in [1.54, 1.807) is 0 Å². The van der Waals surface area contributed by atoms with Crippen LogP contribution in [0.25, 0.3) is 0 Å². The van der Waals surface area contributed by atoms with Crippen molar-refractivity contribution in [3.05, 3.63) is 29.8 Å². The monoisotopic (exact) mass is 235 g/mol. The van der Waals surface area contributed by atoms with Gasteiger partial charge in [-0.05, 0) is 31.4 Å². The number of para-hydroxylation sites is 1. The summed E-state index contributed by atoms with van der Waals surface area (Å²) in [5, 5.41) is 2.91. The summed E-state index contributed by atoms with van der Waals surface area (Å²) in [7, 11) is 0. The van der Waals surface area contributed by atoms with Crippen molar-refractivity contribution in [1.82, 2.24) is 5.32 Å². The Kier molecular flexibility index (Phi) is 5.01. The van der Waals surface area contributed by atoms with Crippen molar-refractivity contribution in [3.63, 3.8) is 0 Å². The Bertz CT molecular complexity index is 374. The normalized spacial score (nSPS) is 12.3. The summed E-state index contributed by atoms with van der Waals surface area (Å²) in [4.78, 5) is 11.6. The van der Waals surface area contributed by atoms with Crippen LogP contribution in [0.5, 0.6) is 5.75 Å². The maximum absolute atomic E-state index is 11.6. The van der Waals surface area contributed by atoms with Crippen molar-refractivity contribution in [1.29, 1.82) is 0 Å². The highest BCUT2D eigenvalue weighted by atomic mass is 16.5. The van der Waals surface area contributed by atoms with E-state index in [-0.39, 0.29) is 18.6 Å². The van der Waals surface area contributed by atoms with Crippen LogP contribution in [0.2, 0.25) is 0 Å². The Morgan fingerprint density at radius 2 is 1.94 bits per heavy atom. The second-order valence-corrected chi connectivity index (χ2v) is 4.65. The fourth-order valence-corrected chi connectivity index (χ4v) is 1.32. The minimum absolute atomic E-state index is 0.0713. The SMILES string of the molecule is Cc1ccccc1OCC(=O)N[C@@H](C)C(C)C. The van der Waals surface area contributed by atoms with E-state index in [2.05, 4.69) is 19.2 Å². The molecule has 0 spiro atoms. The molecule has 0 aliphatic carbocycles. The average Bonchev–Trinajstić information content (AvgIpc) is 2.27. The van der Waals surface area contributed by atoms with Crippen LogP contribution in [-0.4, -0.2) is 18.6 Å². The summed E-state index contributed by atoms with van der Waals surface area (Å²) in [6.45, 7) is 8.18. The zero-order chi connectivity index (χ0) is 12.8. The van der Waals surface area contributed by atoms with Gasteiger partial charge in [0.2, 0.25) is 0 Å². The Balaban J connectivity index is 2.41. The first kappa shape index (κ1) is 13.6. The van der Waals surface area contributed by atoms with E-state index < -0.39 is 0 Å². The van der Waals surface area contributed by atoms with Crippen LogP contribution in [-0.2, 0) is 4.79 Å². The van der Waals surface area contributed by atoms with Gasteiger partial charge in [-0.15, -0.1) is 0 Å². The number of rotatable bonds is 5. The number of ether oxygens (including phenoxy) is 1. The lowest BCUT2D eigenvalue weighted by Crippen LogP contribution is -2.39. The van der Waals surface area contributed by atoms with Gasteiger partial charge in [0.1, 0.15) is 5.75 Å². The predicted octanol–water partition coefficient (Wildman–Crippen LogP) is 2.53. The molecule has 1 aromatic rings. The number of nitrogens with one attached hydrogen (secondary N) is 1. The number of carbonyl (C=O) groups excluding carboxylic acids is 1. The molecule has 0 aliphatic heterocycles. The molecule has 0 heterocycles. The molecule has 1 atom stereocenters. The van der Waals surface area contributed by atoms with Gasteiger partial charge >= 0.3 is 0 Å². The third kappa shape index (κ3) is 4.47. The first-order valence-electron chi connectivity index (χ1n) is 5.98. The van der Waals surface area contributed by atoms with Crippen molar-refractivity contribution >= 4 is 5.91 Å². The number of amides is 1. The molecule has 0 fully saturated rings. The Labute approximate surface area is 103 Å². The molecule has 17 heavy (non-hydrogen) atoms. The molecule has 0 saturated carbocycles. The van der Waals surface area contributed by atoms with Crippen LogP contribution >= 0.6 is 0 Å². The maximum Gasteiger partial charge on any atom is 0.258 e. The molecular weight excluding hydrogens is 214 g/mol. The Hall–Kier alpha value is -1.51. The summed E-state index contributed by atoms with van der Waals surface area (Å²) in [6.07, 6.45) is 0. The van der Waals surface area contributed by atoms with Gasteiger partial charge in [-0.3, -0.25) is 4.79 Å². The average molecular weight is 235 g/mol. The number of hydrogen-bond donors (Lipinski definition) is 1. The zero-order valence-electron chi connectivity index (χ0n) is 11.0. The lowest BCUT2D eigenvalue weighted by Gasteiger charge is -2.17. The number of hydrogen-bond acceptors (Lipinski definition) is 2. The third-order valence-corrected chi connectivity index (χ3v) is 2.84. The van der Waals surface area contributed by atoms with Crippen LogP contribution in [0.1, 0.15) is 26.3 Å². The molecule has 3 heteroatoms. The van der Waals surface area contributed by atoms with Gasteiger partial charge in [0.05, 0.1) is 0 Å². The zero-order valence-corrected chi connectivity index (χ0v) is 11.0. The van der Waals surface area contributed by atoms with Gasteiger partial charge in [-0.1, -0.05) is 32.0 Å². The Morgan fingerprint density at radius 3 is 2.53 bits per heavy atom. The second-order valence-electron chi connectivity index (χ2n) is 4.65. The van der Waals surface area contributed by atoms with Gasteiger partial charge in [0.25, 0.3) is 5.91 Å². The fraction of sp³-hybridized carbons (Fsp3) is 0.500. The summed E-state index contributed by atoms with van der Waals surface area (Å²) < 4.78 is 5.47. The lowest BCUT2D eigenvalue weighted by atomic mass is 10.1. The smallest absolute Gasteiger partial charge is 0.258 e. The first-order chi connectivity index (χ1) is 8.00. The molecule has 0 aromatic heterocycles. The minimum atomic E-state index is -0.0746. The van der Waals surface area contributed by atoms with Crippen molar-refractivity contribution in [3.8, 4) is 5.75 Å². The molecule has 0 saturated heterocycles. The van der Waals surface area contributed by atoms with E-state index in [9.17, 15) is 4.79 Å². The summed E-state index contributed by atoms with van der Waals surface area (Å²) >= 11 is 0. The molecule has 1 amide bonds. The Morgan fingerprint density at radius 1 is 1.29 bits per heavy atom. The molecular formula is C14H21NO2. The molecule has 1 rings (SSSR count). The highest BCUT2D eigenvalue weighted by molar-refractivity contribution is 5.77. The molecule has 0 unspecified atom stereocenters. The van der Waals surface area contributed by atoms with E-state index in [1.165, 1.54) is 0 Å². The highest BCUT2D eigenvalue weighted by Gasteiger charge is 2.11. The van der Waals surface area contributed by atoms with Crippen LogP contribution in [0, 0.1) is 12.8 Å². The molecule has 1 N–H and O–H groups in total. The molecule has 3 nitrogen and oxygen atoms in total. The van der Waals surface area contributed by atoms with Crippen molar-refractivity contribution < 1.29 is 9.53 Å². The fourth-order valence-electron chi connectivity index (χ4n) is 1.32. The van der Waals surface area contributed by atoms with Crippen molar-refractivity contribution in [2.75, 3.05) is 6.61 Å². The molecule has 0 aliphatic rings.